The van der Waals surface area contributed by atoms with Gasteiger partial charge in [-0.05, 0) is 13.3 Å². The van der Waals surface area contributed by atoms with E-state index in [2.05, 4.69) is 15.2 Å². The Kier molecular flexibility index (Phi) is 4.34. The van der Waals surface area contributed by atoms with Crippen LogP contribution in [0.2, 0.25) is 0 Å². The molecule has 0 aliphatic heterocycles. The number of hydrogen-bond donors (Lipinski definition) is 1. The van der Waals surface area contributed by atoms with E-state index in [9.17, 15) is 4.79 Å². The van der Waals surface area contributed by atoms with Crippen LogP contribution in [-0.4, -0.2) is 28.9 Å². The minimum atomic E-state index is -0.172. The minimum Gasteiger partial charge on any atom is -0.469 e. The molecule has 16 heavy (non-hydrogen) atoms. The van der Waals surface area contributed by atoms with E-state index in [0.717, 1.165) is 12.2 Å². The molecule has 0 radical (unpaired) electrons. The number of aryl methyl sites for hydroxylation is 1. The Hall–Kier alpha value is -1.52. The number of rotatable bonds is 5. The van der Waals surface area contributed by atoms with Gasteiger partial charge >= 0.3 is 5.97 Å². The maximum Gasteiger partial charge on any atom is 0.308 e. The average molecular weight is 225 g/mol. The molecule has 0 aliphatic rings. The van der Waals surface area contributed by atoms with Crippen molar-refractivity contribution in [3.05, 3.63) is 12.3 Å². The van der Waals surface area contributed by atoms with Crippen molar-refractivity contribution in [2.45, 2.75) is 26.3 Å². The number of methoxy groups -OCH3 is 1. The van der Waals surface area contributed by atoms with E-state index < -0.39 is 0 Å². The SMILES string of the molecule is COC(=O)C(C)CC(C)Nc1ccn(C)n1. The number of ether oxygens (including phenoxy) is 1. The van der Waals surface area contributed by atoms with Crippen molar-refractivity contribution in [1.82, 2.24) is 9.78 Å². The zero-order valence-electron chi connectivity index (χ0n) is 10.2. The molecule has 0 spiro atoms. The Balaban J connectivity index is 2.41. The number of aromatic nitrogens is 2. The van der Waals surface area contributed by atoms with Crippen molar-refractivity contribution in [3.63, 3.8) is 0 Å². The highest BCUT2D eigenvalue weighted by Gasteiger charge is 2.16. The van der Waals surface area contributed by atoms with Crippen molar-refractivity contribution in [2.75, 3.05) is 12.4 Å². The van der Waals surface area contributed by atoms with Gasteiger partial charge in [0.15, 0.2) is 0 Å². The first kappa shape index (κ1) is 12.5. The second-order valence-corrected chi connectivity index (χ2v) is 4.08. The van der Waals surface area contributed by atoms with Crippen LogP contribution in [0.1, 0.15) is 20.3 Å². The normalized spacial score (nSPS) is 14.2. The smallest absolute Gasteiger partial charge is 0.308 e. The summed E-state index contributed by atoms with van der Waals surface area (Å²) >= 11 is 0. The zero-order chi connectivity index (χ0) is 12.1. The van der Waals surface area contributed by atoms with Crippen LogP contribution >= 0.6 is 0 Å². The van der Waals surface area contributed by atoms with Crippen LogP contribution in [0.25, 0.3) is 0 Å². The molecule has 2 unspecified atom stereocenters. The lowest BCUT2D eigenvalue weighted by Gasteiger charge is -2.16. The molecule has 0 aromatic carbocycles. The third kappa shape index (κ3) is 3.56. The highest BCUT2D eigenvalue weighted by Crippen LogP contribution is 2.12. The van der Waals surface area contributed by atoms with Crippen LogP contribution in [0.5, 0.6) is 0 Å². The second kappa shape index (κ2) is 5.53. The molecule has 0 bridgehead atoms. The third-order valence-electron chi connectivity index (χ3n) is 2.42. The summed E-state index contributed by atoms with van der Waals surface area (Å²) in [6.07, 6.45) is 2.60. The molecular weight excluding hydrogens is 206 g/mol. The molecule has 90 valence electrons. The molecule has 0 saturated carbocycles. The number of nitrogens with zero attached hydrogens (tertiary/aromatic N) is 2. The molecule has 1 N–H and O–H groups in total. The van der Waals surface area contributed by atoms with E-state index in [4.69, 9.17) is 0 Å². The van der Waals surface area contributed by atoms with Crippen molar-refractivity contribution >= 4 is 11.8 Å². The molecular formula is C11H19N3O2. The van der Waals surface area contributed by atoms with Gasteiger partial charge in [0.25, 0.3) is 0 Å². The molecule has 2 atom stereocenters. The summed E-state index contributed by atoms with van der Waals surface area (Å²) < 4.78 is 6.42. The lowest BCUT2D eigenvalue weighted by Crippen LogP contribution is -2.23. The lowest BCUT2D eigenvalue weighted by atomic mass is 10.0. The predicted octanol–water partition coefficient (Wildman–Crippen LogP) is 1.42. The molecule has 1 rings (SSSR count). The van der Waals surface area contributed by atoms with Crippen molar-refractivity contribution in [1.29, 1.82) is 0 Å². The maximum atomic E-state index is 11.2. The minimum absolute atomic E-state index is 0.101. The monoisotopic (exact) mass is 225 g/mol. The fourth-order valence-corrected chi connectivity index (χ4v) is 1.63. The summed E-state index contributed by atoms with van der Waals surface area (Å²) in [5, 5.41) is 7.45. The van der Waals surface area contributed by atoms with Gasteiger partial charge in [-0.15, -0.1) is 0 Å². The molecule has 0 fully saturated rings. The van der Waals surface area contributed by atoms with E-state index in [0.29, 0.717) is 0 Å². The number of hydrogen-bond acceptors (Lipinski definition) is 4. The molecule has 5 heteroatoms. The summed E-state index contributed by atoms with van der Waals surface area (Å²) in [6.45, 7) is 3.89. The van der Waals surface area contributed by atoms with Crippen LogP contribution in [0.3, 0.4) is 0 Å². The first-order chi connectivity index (χ1) is 7.52. The molecule has 1 heterocycles. The summed E-state index contributed by atoms with van der Waals surface area (Å²) in [5.41, 5.74) is 0. The van der Waals surface area contributed by atoms with Gasteiger partial charge in [0.05, 0.1) is 13.0 Å². The fraction of sp³-hybridized carbons (Fsp3) is 0.636. The summed E-state index contributed by atoms with van der Waals surface area (Å²) in [6, 6.07) is 2.09. The van der Waals surface area contributed by atoms with Crippen LogP contribution < -0.4 is 5.32 Å². The first-order valence-corrected chi connectivity index (χ1v) is 5.37. The molecule has 0 saturated heterocycles. The van der Waals surface area contributed by atoms with E-state index in [-0.39, 0.29) is 17.9 Å². The first-order valence-electron chi connectivity index (χ1n) is 5.37. The second-order valence-electron chi connectivity index (χ2n) is 4.08. The molecule has 0 aliphatic carbocycles. The summed E-state index contributed by atoms with van der Waals surface area (Å²) in [5.74, 6) is 0.554. The quantitative estimate of drug-likeness (QED) is 0.770. The van der Waals surface area contributed by atoms with Gasteiger partial charge in [-0.3, -0.25) is 9.48 Å². The van der Waals surface area contributed by atoms with Crippen LogP contribution in [0.15, 0.2) is 12.3 Å². The fourth-order valence-electron chi connectivity index (χ4n) is 1.63. The van der Waals surface area contributed by atoms with Gasteiger partial charge < -0.3 is 10.1 Å². The van der Waals surface area contributed by atoms with Crippen LogP contribution in [0, 0.1) is 5.92 Å². The highest BCUT2D eigenvalue weighted by molar-refractivity contribution is 5.71. The lowest BCUT2D eigenvalue weighted by molar-refractivity contribution is -0.145. The topological polar surface area (TPSA) is 56.1 Å². The van der Waals surface area contributed by atoms with Gasteiger partial charge in [0.2, 0.25) is 0 Å². The largest absolute Gasteiger partial charge is 0.469 e. The highest BCUT2D eigenvalue weighted by atomic mass is 16.5. The number of esters is 1. The predicted molar refractivity (Wildman–Crippen MR) is 62.1 cm³/mol. The van der Waals surface area contributed by atoms with Gasteiger partial charge in [0.1, 0.15) is 5.82 Å². The van der Waals surface area contributed by atoms with Crippen molar-refractivity contribution < 1.29 is 9.53 Å². The Morgan fingerprint density at radius 3 is 2.81 bits per heavy atom. The Morgan fingerprint density at radius 1 is 1.62 bits per heavy atom. The van der Waals surface area contributed by atoms with Crippen molar-refractivity contribution in [3.8, 4) is 0 Å². The maximum absolute atomic E-state index is 11.2. The van der Waals surface area contributed by atoms with Gasteiger partial charge in [-0.2, -0.15) is 5.10 Å². The Bertz CT molecular complexity index is 349. The number of anilines is 1. The number of carbonyl (C=O) groups is 1. The molecule has 1 aromatic heterocycles. The molecule has 1 aromatic rings. The third-order valence-corrected chi connectivity index (χ3v) is 2.42. The summed E-state index contributed by atoms with van der Waals surface area (Å²) in [4.78, 5) is 11.2. The van der Waals surface area contributed by atoms with E-state index in [1.807, 2.05) is 33.2 Å². The van der Waals surface area contributed by atoms with Crippen LogP contribution in [0.4, 0.5) is 5.82 Å². The Labute approximate surface area is 95.8 Å². The number of carbonyl (C=O) groups excluding carboxylic acids is 1. The zero-order valence-corrected chi connectivity index (χ0v) is 10.2. The summed E-state index contributed by atoms with van der Waals surface area (Å²) in [7, 11) is 3.28. The van der Waals surface area contributed by atoms with Crippen LogP contribution in [-0.2, 0) is 16.6 Å². The van der Waals surface area contributed by atoms with E-state index >= 15 is 0 Å². The van der Waals surface area contributed by atoms with Gasteiger partial charge in [-0.25, -0.2) is 0 Å². The van der Waals surface area contributed by atoms with Crippen molar-refractivity contribution in [2.24, 2.45) is 13.0 Å². The van der Waals surface area contributed by atoms with E-state index in [1.54, 1.807) is 4.68 Å². The molecule has 0 amide bonds. The van der Waals surface area contributed by atoms with Gasteiger partial charge in [0, 0.05) is 25.4 Å². The van der Waals surface area contributed by atoms with Gasteiger partial charge in [-0.1, -0.05) is 6.92 Å². The number of nitrogens with one attached hydrogen (secondary N) is 1. The van der Waals surface area contributed by atoms with E-state index in [1.165, 1.54) is 7.11 Å². The average Bonchev–Trinajstić information content (AvgIpc) is 2.62. The molecule has 5 nitrogen and oxygen atoms in total. The standard InChI is InChI=1S/C11H19N3O2/c1-8(11(15)16-4)7-9(2)12-10-5-6-14(3)13-10/h5-6,8-9H,7H2,1-4H3,(H,12,13). The Morgan fingerprint density at radius 2 is 2.31 bits per heavy atom.